The number of hydrogen-bond acceptors (Lipinski definition) is 2. The second kappa shape index (κ2) is 12.2. The Kier molecular flexibility index (Phi) is 9.60. The van der Waals surface area contributed by atoms with E-state index in [-0.39, 0.29) is 0 Å². The van der Waals surface area contributed by atoms with Crippen LogP contribution in [0.25, 0.3) is 0 Å². The third-order valence-corrected chi connectivity index (χ3v) is 8.26. The number of carbonyl (C=O) groups is 2. The summed E-state index contributed by atoms with van der Waals surface area (Å²) in [5.74, 6) is 5.11. The minimum atomic E-state index is 0.374. The Bertz CT molecular complexity index is 645. The van der Waals surface area contributed by atoms with Crippen LogP contribution in [0.1, 0.15) is 104 Å². The van der Waals surface area contributed by atoms with Crippen molar-refractivity contribution in [3.8, 4) is 0 Å². The van der Waals surface area contributed by atoms with Crippen LogP contribution in [-0.2, 0) is 9.59 Å². The van der Waals surface area contributed by atoms with Gasteiger partial charge in [-0.3, -0.25) is 9.59 Å². The quantitative estimate of drug-likeness (QED) is 0.236. The normalized spacial score (nSPS) is 32.9. The lowest BCUT2D eigenvalue weighted by Crippen LogP contribution is -2.20. The Morgan fingerprint density at radius 2 is 1.32 bits per heavy atom. The van der Waals surface area contributed by atoms with Crippen molar-refractivity contribution in [3.63, 3.8) is 0 Å². The van der Waals surface area contributed by atoms with Crippen molar-refractivity contribution in [2.24, 2.45) is 41.4 Å². The lowest BCUT2D eigenvalue weighted by Gasteiger charge is -2.19. The Morgan fingerprint density at radius 1 is 0.742 bits per heavy atom. The molecule has 0 aromatic carbocycles. The Morgan fingerprint density at radius 3 is 1.81 bits per heavy atom. The van der Waals surface area contributed by atoms with E-state index in [4.69, 9.17) is 0 Å². The van der Waals surface area contributed by atoms with Gasteiger partial charge in [-0.05, 0) is 61.7 Å². The first-order valence-corrected chi connectivity index (χ1v) is 13.4. The molecule has 0 aliphatic heterocycles. The van der Waals surface area contributed by atoms with E-state index in [1.807, 2.05) is 0 Å². The van der Waals surface area contributed by atoms with Crippen LogP contribution in [0.5, 0.6) is 0 Å². The summed E-state index contributed by atoms with van der Waals surface area (Å²) in [7, 11) is 0. The van der Waals surface area contributed by atoms with Crippen LogP contribution < -0.4 is 0 Å². The first-order valence-electron chi connectivity index (χ1n) is 13.4. The van der Waals surface area contributed by atoms with Crippen molar-refractivity contribution in [2.75, 3.05) is 0 Å². The molecule has 2 fully saturated rings. The molecule has 0 heterocycles. The number of fused-ring (bicyclic) bond motifs is 4. The topological polar surface area (TPSA) is 34.1 Å². The number of hydrogen-bond donors (Lipinski definition) is 0. The first-order chi connectivity index (χ1) is 15.0. The summed E-state index contributed by atoms with van der Waals surface area (Å²) >= 11 is 0. The maximum Gasteiger partial charge on any atom is 0.136 e. The highest BCUT2D eigenvalue weighted by Gasteiger charge is 2.40. The molecule has 0 aromatic rings. The van der Waals surface area contributed by atoms with Crippen LogP contribution in [-0.4, -0.2) is 11.6 Å². The largest absolute Gasteiger partial charge is 0.299 e. The minimum Gasteiger partial charge on any atom is -0.299 e. The van der Waals surface area contributed by atoms with Gasteiger partial charge in [-0.1, -0.05) is 83.6 Å². The summed E-state index contributed by atoms with van der Waals surface area (Å²) in [6, 6.07) is 0. The third-order valence-electron chi connectivity index (χ3n) is 8.26. The number of unbranched alkanes of at least 4 members (excludes halogenated alkanes) is 4. The van der Waals surface area contributed by atoms with Gasteiger partial charge in [0.05, 0.1) is 0 Å². The molecule has 0 aromatic heterocycles. The van der Waals surface area contributed by atoms with Crippen molar-refractivity contribution < 1.29 is 9.59 Å². The molecule has 4 bridgehead atoms. The average Bonchev–Trinajstić information content (AvgIpc) is 3.57. The maximum absolute atomic E-state index is 12.2. The standard InChI is InChI=1S/C15H24O.C14H22O/c1-3-4-5-11(2)8-15(16)14-10-12-6-7-13(14)9-12;1-2-3-4-5-6-14(15)13-10-11-7-8-12(13)9-11/h6-7,11-14H,3-5,8-10H2,1-2H3;7-8,11-13H,2-6,9-10H2,1H3. The van der Waals surface area contributed by atoms with Gasteiger partial charge in [0.25, 0.3) is 0 Å². The van der Waals surface area contributed by atoms with E-state index < -0.39 is 0 Å². The molecule has 0 N–H and O–H groups in total. The number of Topliss-reactive ketones (excluding diaryl/α,β-unsaturated/α-hetero) is 2. The Balaban J connectivity index is 0.000000176. The van der Waals surface area contributed by atoms with Gasteiger partial charge >= 0.3 is 0 Å². The molecule has 0 amide bonds. The van der Waals surface area contributed by atoms with Gasteiger partial charge in [-0.15, -0.1) is 0 Å². The zero-order valence-corrected chi connectivity index (χ0v) is 20.4. The summed E-state index contributed by atoms with van der Waals surface area (Å²) in [5, 5.41) is 0. The fourth-order valence-corrected chi connectivity index (χ4v) is 6.36. The van der Waals surface area contributed by atoms with Crippen LogP contribution in [0, 0.1) is 41.4 Å². The van der Waals surface area contributed by atoms with Crippen molar-refractivity contribution in [2.45, 2.75) is 104 Å². The monoisotopic (exact) mass is 426 g/mol. The Hall–Kier alpha value is -1.18. The fourth-order valence-electron chi connectivity index (χ4n) is 6.36. The average molecular weight is 427 g/mol. The van der Waals surface area contributed by atoms with Gasteiger partial charge in [0.2, 0.25) is 0 Å². The van der Waals surface area contributed by atoms with Gasteiger partial charge in [0, 0.05) is 24.7 Å². The SMILES string of the molecule is CCCCC(C)CC(=O)C1CC2C=CC1C2.CCCCCCC(=O)C1CC2C=CC1C2. The second-order valence-corrected chi connectivity index (χ2v) is 11.0. The third kappa shape index (κ3) is 6.90. The minimum absolute atomic E-state index is 0.374. The predicted octanol–water partition coefficient (Wildman–Crippen LogP) is 7.72. The van der Waals surface area contributed by atoms with Gasteiger partial charge in [-0.2, -0.15) is 0 Å². The zero-order chi connectivity index (χ0) is 22.2. The summed E-state index contributed by atoms with van der Waals surface area (Å²) in [6.45, 7) is 6.66. The van der Waals surface area contributed by atoms with Crippen molar-refractivity contribution in [1.82, 2.24) is 0 Å². The van der Waals surface area contributed by atoms with Gasteiger partial charge in [-0.25, -0.2) is 0 Å². The highest BCUT2D eigenvalue weighted by atomic mass is 16.1. The van der Waals surface area contributed by atoms with Crippen LogP contribution in [0.3, 0.4) is 0 Å². The van der Waals surface area contributed by atoms with E-state index in [0.29, 0.717) is 41.2 Å². The van der Waals surface area contributed by atoms with Crippen molar-refractivity contribution in [3.05, 3.63) is 24.3 Å². The number of rotatable bonds is 12. The Labute approximate surface area is 191 Å². The molecule has 2 heteroatoms. The maximum atomic E-state index is 12.2. The lowest BCUT2D eigenvalue weighted by molar-refractivity contribution is -0.125. The number of carbonyl (C=O) groups excluding carboxylic acids is 2. The van der Waals surface area contributed by atoms with E-state index in [9.17, 15) is 9.59 Å². The number of ketones is 2. The molecule has 4 rings (SSSR count). The van der Waals surface area contributed by atoms with Crippen LogP contribution in [0.4, 0.5) is 0 Å². The molecule has 4 aliphatic rings. The summed E-state index contributed by atoms with van der Waals surface area (Å²) in [4.78, 5) is 24.1. The second-order valence-electron chi connectivity index (χ2n) is 11.0. The van der Waals surface area contributed by atoms with Crippen molar-refractivity contribution in [1.29, 1.82) is 0 Å². The molecule has 174 valence electrons. The fraction of sp³-hybridized carbons (Fsp3) is 0.793. The van der Waals surface area contributed by atoms with E-state index in [1.165, 1.54) is 51.4 Å². The molecule has 31 heavy (non-hydrogen) atoms. The number of allylic oxidation sites excluding steroid dienone is 4. The molecular weight excluding hydrogens is 380 g/mol. The predicted molar refractivity (Wildman–Crippen MR) is 130 cm³/mol. The highest BCUT2D eigenvalue weighted by molar-refractivity contribution is 5.82. The van der Waals surface area contributed by atoms with E-state index in [2.05, 4.69) is 45.1 Å². The lowest BCUT2D eigenvalue weighted by atomic mass is 9.85. The summed E-state index contributed by atoms with van der Waals surface area (Å²) in [5.41, 5.74) is 0. The summed E-state index contributed by atoms with van der Waals surface area (Å²) < 4.78 is 0. The van der Waals surface area contributed by atoms with Crippen LogP contribution >= 0.6 is 0 Å². The molecule has 2 saturated carbocycles. The van der Waals surface area contributed by atoms with Gasteiger partial charge in [0.1, 0.15) is 11.6 Å². The molecule has 4 aliphatic carbocycles. The molecule has 7 unspecified atom stereocenters. The smallest absolute Gasteiger partial charge is 0.136 e. The van der Waals surface area contributed by atoms with Gasteiger partial charge in [0.15, 0.2) is 0 Å². The molecule has 2 nitrogen and oxygen atoms in total. The van der Waals surface area contributed by atoms with Crippen LogP contribution in [0.15, 0.2) is 24.3 Å². The zero-order valence-electron chi connectivity index (χ0n) is 20.4. The molecular formula is C29H46O2. The molecule has 0 radical (unpaired) electrons. The molecule has 0 saturated heterocycles. The van der Waals surface area contributed by atoms with Crippen LogP contribution in [0.2, 0.25) is 0 Å². The van der Waals surface area contributed by atoms with E-state index in [1.54, 1.807) is 0 Å². The first kappa shape index (κ1) is 24.5. The van der Waals surface area contributed by atoms with Gasteiger partial charge < -0.3 is 0 Å². The molecule has 0 spiro atoms. The molecule has 7 atom stereocenters. The van der Waals surface area contributed by atoms with E-state index in [0.717, 1.165) is 43.9 Å². The summed E-state index contributed by atoms with van der Waals surface area (Å²) in [6.07, 6.45) is 24.3. The van der Waals surface area contributed by atoms with E-state index >= 15 is 0 Å². The van der Waals surface area contributed by atoms with Crippen molar-refractivity contribution >= 4 is 11.6 Å². The highest BCUT2D eigenvalue weighted by Crippen LogP contribution is 2.45.